The third-order valence-electron chi connectivity index (χ3n) is 2.97. The summed E-state index contributed by atoms with van der Waals surface area (Å²) >= 11 is 8.44. The molecule has 9 heteroatoms. The number of amides is 1. The molecule has 0 fully saturated rings. The van der Waals surface area contributed by atoms with Crippen molar-refractivity contribution in [3.05, 3.63) is 40.6 Å². The van der Waals surface area contributed by atoms with Crippen LogP contribution in [0.25, 0.3) is 11.3 Å². The first-order chi connectivity index (χ1) is 11.6. The second-order valence-corrected chi connectivity index (χ2v) is 6.92. The van der Waals surface area contributed by atoms with E-state index in [1.807, 2.05) is 24.4 Å². The van der Waals surface area contributed by atoms with Crippen molar-refractivity contribution < 1.29 is 9.21 Å². The summed E-state index contributed by atoms with van der Waals surface area (Å²) in [5.74, 6) is 0.569. The lowest BCUT2D eigenvalue weighted by Gasteiger charge is -1.99. The number of rotatable bonds is 6. The van der Waals surface area contributed by atoms with Gasteiger partial charge in [-0.25, -0.2) is 4.98 Å². The van der Waals surface area contributed by atoms with Gasteiger partial charge in [-0.15, -0.1) is 21.5 Å². The average Bonchev–Trinajstić information content (AvgIpc) is 3.23. The van der Waals surface area contributed by atoms with E-state index in [4.69, 9.17) is 16.0 Å². The number of halogens is 1. The zero-order valence-corrected chi connectivity index (χ0v) is 15.0. The van der Waals surface area contributed by atoms with Crippen LogP contribution in [0, 0.1) is 0 Å². The molecule has 3 rings (SSSR count). The van der Waals surface area contributed by atoms with E-state index in [0.29, 0.717) is 27.7 Å². The Balaban J connectivity index is 1.56. The standard InChI is InChI=1S/C15H13ClN4O2S2/c1-2-13-19-20-15(22-13)24-8-12(21)18-14-17-11(7-23-14)9-3-5-10(16)6-4-9/h3-7H,2,8H2,1H3,(H,17,18,21). The van der Waals surface area contributed by atoms with Crippen molar-refractivity contribution in [2.45, 2.75) is 18.6 Å². The molecule has 0 atom stereocenters. The Labute approximate surface area is 151 Å². The highest BCUT2D eigenvalue weighted by atomic mass is 35.5. The van der Waals surface area contributed by atoms with E-state index in [9.17, 15) is 4.79 Å². The number of carbonyl (C=O) groups excluding carboxylic acids is 1. The predicted octanol–water partition coefficient (Wildman–Crippen LogP) is 4.14. The Morgan fingerprint density at radius 3 is 2.83 bits per heavy atom. The molecule has 0 unspecified atom stereocenters. The van der Waals surface area contributed by atoms with E-state index in [-0.39, 0.29) is 11.7 Å². The smallest absolute Gasteiger partial charge is 0.277 e. The molecule has 124 valence electrons. The van der Waals surface area contributed by atoms with Gasteiger partial charge in [0.05, 0.1) is 11.4 Å². The number of thiazole rings is 1. The number of aryl methyl sites for hydroxylation is 1. The number of thioether (sulfide) groups is 1. The molecule has 0 radical (unpaired) electrons. The van der Waals surface area contributed by atoms with Gasteiger partial charge < -0.3 is 9.73 Å². The average molecular weight is 381 g/mol. The van der Waals surface area contributed by atoms with Gasteiger partial charge in [0.2, 0.25) is 11.8 Å². The van der Waals surface area contributed by atoms with Crippen molar-refractivity contribution >= 4 is 45.7 Å². The maximum absolute atomic E-state index is 12.0. The number of anilines is 1. The van der Waals surface area contributed by atoms with Gasteiger partial charge in [0, 0.05) is 22.4 Å². The molecule has 0 aliphatic carbocycles. The van der Waals surface area contributed by atoms with Crippen LogP contribution < -0.4 is 5.32 Å². The van der Waals surface area contributed by atoms with Gasteiger partial charge in [0.25, 0.3) is 5.22 Å². The number of aromatic nitrogens is 3. The van der Waals surface area contributed by atoms with Crippen LogP contribution in [0.15, 0.2) is 39.3 Å². The Morgan fingerprint density at radius 2 is 2.12 bits per heavy atom. The molecule has 0 bridgehead atoms. The Kier molecular flexibility index (Phi) is 5.49. The summed E-state index contributed by atoms with van der Waals surface area (Å²) in [6.45, 7) is 1.93. The first kappa shape index (κ1) is 16.9. The van der Waals surface area contributed by atoms with Crippen LogP contribution >= 0.6 is 34.7 Å². The normalized spacial score (nSPS) is 10.8. The summed E-state index contributed by atoms with van der Waals surface area (Å²) < 4.78 is 5.34. The molecular weight excluding hydrogens is 368 g/mol. The monoisotopic (exact) mass is 380 g/mol. The van der Waals surface area contributed by atoms with Crippen LogP contribution in [-0.4, -0.2) is 26.8 Å². The van der Waals surface area contributed by atoms with Crippen LogP contribution in [0.1, 0.15) is 12.8 Å². The van der Waals surface area contributed by atoms with Crippen LogP contribution in [-0.2, 0) is 11.2 Å². The van der Waals surface area contributed by atoms with Gasteiger partial charge in [-0.2, -0.15) is 0 Å². The Bertz CT molecular complexity index is 832. The molecular formula is C15H13ClN4O2S2. The van der Waals surface area contributed by atoms with Crippen molar-refractivity contribution in [2.24, 2.45) is 0 Å². The number of nitrogens with zero attached hydrogens (tertiary/aromatic N) is 3. The molecule has 1 N–H and O–H groups in total. The van der Waals surface area contributed by atoms with Gasteiger partial charge in [-0.1, -0.05) is 42.4 Å². The molecule has 2 heterocycles. The highest BCUT2D eigenvalue weighted by Crippen LogP contribution is 2.26. The molecule has 2 aromatic heterocycles. The minimum Gasteiger partial charge on any atom is -0.416 e. The predicted molar refractivity (Wildman–Crippen MR) is 95.6 cm³/mol. The third kappa shape index (κ3) is 4.34. The van der Waals surface area contributed by atoms with Gasteiger partial charge in [-0.3, -0.25) is 4.79 Å². The summed E-state index contributed by atoms with van der Waals surface area (Å²) in [5.41, 5.74) is 1.74. The lowest BCUT2D eigenvalue weighted by Crippen LogP contribution is -2.13. The summed E-state index contributed by atoms with van der Waals surface area (Å²) in [7, 11) is 0. The second-order valence-electron chi connectivity index (χ2n) is 4.70. The van der Waals surface area contributed by atoms with Gasteiger partial charge >= 0.3 is 0 Å². The molecule has 0 saturated carbocycles. The zero-order chi connectivity index (χ0) is 16.9. The highest BCUT2D eigenvalue weighted by Gasteiger charge is 2.11. The number of carbonyl (C=O) groups is 1. The van der Waals surface area contributed by atoms with Crippen molar-refractivity contribution in [3.8, 4) is 11.3 Å². The summed E-state index contributed by atoms with van der Waals surface area (Å²) in [5, 5.41) is 14.0. The van der Waals surface area contributed by atoms with E-state index >= 15 is 0 Å². The number of nitrogens with one attached hydrogen (secondary N) is 1. The number of hydrogen-bond donors (Lipinski definition) is 1. The van der Waals surface area contributed by atoms with Gasteiger partial charge in [0.15, 0.2) is 5.13 Å². The van der Waals surface area contributed by atoms with E-state index in [1.54, 1.807) is 12.1 Å². The van der Waals surface area contributed by atoms with Gasteiger partial charge in [-0.05, 0) is 12.1 Å². The molecule has 24 heavy (non-hydrogen) atoms. The fourth-order valence-corrected chi connectivity index (χ4v) is 3.25. The summed E-state index contributed by atoms with van der Waals surface area (Å²) in [4.78, 5) is 16.4. The first-order valence-electron chi connectivity index (χ1n) is 7.10. The first-order valence-corrected chi connectivity index (χ1v) is 9.35. The summed E-state index contributed by atoms with van der Waals surface area (Å²) in [6.07, 6.45) is 0.673. The lowest BCUT2D eigenvalue weighted by atomic mass is 10.2. The number of hydrogen-bond acceptors (Lipinski definition) is 7. The topological polar surface area (TPSA) is 80.9 Å². The van der Waals surface area contributed by atoms with Crippen molar-refractivity contribution in [1.29, 1.82) is 0 Å². The molecule has 0 saturated heterocycles. The minimum absolute atomic E-state index is 0.173. The third-order valence-corrected chi connectivity index (χ3v) is 4.80. The van der Waals surface area contributed by atoms with Gasteiger partial charge in [0.1, 0.15) is 0 Å². The zero-order valence-electron chi connectivity index (χ0n) is 12.7. The molecule has 0 aliphatic heterocycles. The molecule has 0 aliphatic rings. The molecule has 3 aromatic rings. The highest BCUT2D eigenvalue weighted by molar-refractivity contribution is 7.99. The Hall–Kier alpha value is -1.90. The van der Waals surface area contributed by atoms with E-state index in [0.717, 1.165) is 11.3 Å². The van der Waals surface area contributed by atoms with Crippen LogP contribution in [0.2, 0.25) is 5.02 Å². The van der Waals surface area contributed by atoms with Crippen molar-refractivity contribution in [3.63, 3.8) is 0 Å². The van der Waals surface area contributed by atoms with Crippen LogP contribution in [0.3, 0.4) is 0 Å². The van der Waals surface area contributed by atoms with E-state index in [1.165, 1.54) is 23.1 Å². The van der Waals surface area contributed by atoms with Crippen LogP contribution in [0.5, 0.6) is 0 Å². The largest absolute Gasteiger partial charge is 0.416 e. The Morgan fingerprint density at radius 1 is 1.33 bits per heavy atom. The summed E-state index contributed by atoms with van der Waals surface area (Å²) in [6, 6.07) is 7.39. The fraction of sp³-hybridized carbons (Fsp3) is 0.200. The SMILES string of the molecule is CCc1nnc(SCC(=O)Nc2nc(-c3ccc(Cl)cc3)cs2)o1. The molecule has 6 nitrogen and oxygen atoms in total. The van der Waals surface area contributed by atoms with Crippen LogP contribution in [0.4, 0.5) is 5.13 Å². The number of benzene rings is 1. The quantitative estimate of drug-likeness (QED) is 0.647. The molecule has 1 amide bonds. The van der Waals surface area contributed by atoms with E-state index < -0.39 is 0 Å². The lowest BCUT2D eigenvalue weighted by molar-refractivity contribution is -0.113. The molecule has 1 aromatic carbocycles. The minimum atomic E-state index is -0.173. The van der Waals surface area contributed by atoms with E-state index in [2.05, 4.69) is 20.5 Å². The second kappa shape index (κ2) is 7.78. The van der Waals surface area contributed by atoms with Crippen molar-refractivity contribution in [1.82, 2.24) is 15.2 Å². The fourth-order valence-electron chi connectivity index (χ4n) is 1.81. The maximum atomic E-state index is 12.0. The molecule has 0 spiro atoms. The van der Waals surface area contributed by atoms with Crippen molar-refractivity contribution in [2.75, 3.05) is 11.1 Å². The maximum Gasteiger partial charge on any atom is 0.277 e.